The molecule has 1 aromatic heterocycles. The first-order valence-corrected chi connectivity index (χ1v) is 5.29. The quantitative estimate of drug-likeness (QED) is 0.739. The number of pyridine rings is 1. The number of aryl methyl sites for hydroxylation is 1. The van der Waals surface area contributed by atoms with Crippen LogP contribution >= 0.6 is 11.8 Å². The molecule has 0 bridgehead atoms. The van der Waals surface area contributed by atoms with Gasteiger partial charge in [-0.2, -0.15) is 5.26 Å². The summed E-state index contributed by atoms with van der Waals surface area (Å²) in [5.41, 5.74) is 1.69. The molecule has 4 heteroatoms. The molecule has 0 radical (unpaired) electrons. The van der Waals surface area contributed by atoms with Gasteiger partial charge in [0.1, 0.15) is 11.1 Å². The Bertz CT molecular complexity index is 382. The topological polar surface area (TPSA) is 45.9 Å². The van der Waals surface area contributed by atoms with Crippen molar-refractivity contribution in [1.29, 1.82) is 5.26 Å². The molecule has 0 N–H and O–H groups in total. The maximum atomic E-state index is 8.97. The Labute approximate surface area is 87.1 Å². The lowest BCUT2D eigenvalue weighted by Crippen LogP contribution is -2.30. The molecule has 1 aromatic rings. The van der Waals surface area contributed by atoms with Crippen molar-refractivity contribution in [3.05, 3.63) is 23.4 Å². The van der Waals surface area contributed by atoms with Gasteiger partial charge in [-0.1, -0.05) is 11.8 Å². The third-order valence-corrected chi connectivity index (χ3v) is 3.26. The zero-order chi connectivity index (χ0) is 9.97. The molecular weight excluding hydrogens is 196 g/mol. The van der Waals surface area contributed by atoms with E-state index in [-0.39, 0.29) is 0 Å². The molecule has 3 nitrogen and oxygen atoms in total. The van der Waals surface area contributed by atoms with Gasteiger partial charge >= 0.3 is 0 Å². The van der Waals surface area contributed by atoms with Gasteiger partial charge in [0.05, 0.1) is 24.0 Å². The van der Waals surface area contributed by atoms with Crippen LogP contribution in [0.3, 0.4) is 0 Å². The summed E-state index contributed by atoms with van der Waals surface area (Å²) in [5, 5.41) is 10.3. The standard InChI is InChI=1S/C10H10N2OS/c1-7-2-3-12-10(9(7)4-11)14-8-5-13-6-8/h2-3,8H,5-6H2,1H3. The fourth-order valence-electron chi connectivity index (χ4n) is 1.20. The lowest BCUT2D eigenvalue weighted by Gasteiger charge is -2.25. The number of hydrogen-bond donors (Lipinski definition) is 0. The molecule has 72 valence electrons. The predicted molar refractivity (Wildman–Crippen MR) is 54.2 cm³/mol. The van der Waals surface area contributed by atoms with E-state index in [1.807, 2.05) is 13.0 Å². The summed E-state index contributed by atoms with van der Waals surface area (Å²) in [5.74, 6) is 0. The molecular formula is C10H10N2OS. The second kappa shape index (κ2) is 3.99. The van der Waals surface area contributed by atoms with E-state index in [2.05, 4.69) is 11.1 Å². The highest BCUT2D eigenvalue weighted by Crippen LogP contribution is 2.29. The predicted octanol–water partition coefficient (Wildman–Crippen LogP) is 1.75. The number of ether oxygens (including phenoxy) is 1. The van der Waals surface area contributed by atoms with E-state index in [0.29, 0.717) is 10.8 Å². The summed E-state index contributed by atoms with van der Waals surface area (Å²) in [6.45, 7) is 3.47. The summed E-state index contributed by atoms with van der Waals surface area (Å²) >= 11 is 1.64. The van der Waals surface area contributed by atoms with Crippen molar-refractivity contribution in [3.8, 4) is 6.07 Å². The van der Waals surface area contributed by atoms with Crippen LogP contribution in [0.1, 0.15) is 11.1 Å². The molecule has 0 aromatic carbocycles. The fourth-order valence-corrected chi connectivity index (χ4v) is 2.29. The van der Waals surface area contributed by atoms with Gasteiger partial charge < -0.3 is 4.74 Å². The number of aromatic nitrogens is 1. The van der Waals surface area contributed by atoms with Crippen LogP contribution in [0.4, 0.5) is 0 Å². The number of nitriles is 1. The maximum Gasteiger partial charge on any atom is 0.114 e. The van der Waals surface area contributed by atoms with Gasteiger partial charge in [-0.3, -0.25) is 0 Å². The summed E-state index contributed by atoms with van der Waals surface area (Å²) in [6, 6.07) is 4.05. The minimum absolute atomic E-state index is 0.469. The van der Waals surface area contributed by atoms with Crippen LogP contribution in [0.2, 0.25) is 0 Å². The van der Waals surface area contributed by atoms with Crippen molar-refractivity contribution in [2.75, 3.05) is 13.2 Å². The minimum atomic E-state index is 0.469. The largest absolute Gasteiger partial charge is 0.379 e. The van der Waals surface area contributed by atoms with Crippen molar-refractivity contribution in [1.82, 2.24) is 4.98 Å². The number of rotatable bonds is 2. The van der Waals surface area contributed by atoms with E-state index < -0.39 is 0 Å². The lowest BCUT2D eigenvalue weighted by molar-refractivity contribution is 0.0454. The first-order chi connectivity index (χ1) is 6.81. The first kappa shape index (κ1) is 9.50. The summed E-state index contributed by atoms with van der Waals surface area (Å²) in [6.07, 6.45) is 1.75. The number of hydrogen-bond acceptors (Lipinski definition) is 4. The van der Waals surface area contributed by atoms with Gasteiger partial charge in [-0.25, -0.2) is 4.98 Å². The van der Waals surface area contributed by atoms with Crippen molar-refractivity contribution >= 4 is 11.8 Å². The van der Waals surface area contributed by atoms with Crippen molar-refractivity contribution in [2.45, 2.75) is 17.2 Å². The first-order valence-electron chi connectivity index (χ1n) is 4.41. The molecule has 0 spiro atoms. The molecule has 1 saturated heterocycles. The fraction of sp³-hybridized carbons (Fsp3) is 0.400. The van der Waals surface area contributed by atoms with Crippen molar-refractivity contribution in [3.63, 3.8) is 0 Å². The SMILES string of the molecule is Cc1ccnc(SC2COC2)c1C#N. The van der Waals surface area contributed by atoms with Crippen LogP contribution in [0, 0.1) is 18.3 Å². The second-order valence-corrected chi connectivity index (χ2v) is 4.49. The van der Waals surface area contributed by atoms with Crippen LogP contribution in [0.5, 0.6) is 0 Å². The lowest BCUT2D eigenvalue weighted by atomic mass is 10.2. The van der Waals surface area contributed by atoms with E-state index in [4.69, 9.17) is 10.00 Å². The van der Waals surface area contributed by atoms with Gasteiger partial charge in [-0.15, -0.1) is 0 Å². The molecule has 0 atom stereocenters. The molecule has 2 heterocycles. The molecule has 0 unspecified atom stereocenters. The summed E-state index contributed by atoms with van der Waals surface area (Å²) in [7, 11) is 0. The molecule has 0 amide bonds. The monoisotopic (exact) mass is 206 g/mol. The Morgan fingerprint density at radius 1 is 1.64 bits per heavy atom. The van der Waals surface area contributed by atoms with Gasteiger partial charge in [-0.05, 0) is 18.6 Å². The molecule has 1 aliphatic rings. The highest BCUT2D eigenvalue weighted by molar-refractivity contribution is 8.00. The van der Waals surface area contributed by atoms with E-state index in [1.165, 1.54) is 0 Å². The Morgan fingerprint density at radius 2 is 2.43 bits per heavy atom. The Morgan fingerprint density at radius 3 is 3.00 bits per heavy atom. The van der Waals surface area contributed by atoms with E-state index in [0.717, 1.165) is 23.8 Å². The molecule has 1 aliphatic heterocycles. The zero-order valence-corrected chi connectivity index (χ0v) is 8.67. The average Bonchev–Trinajstić information content (AvgIpc) is 2.11. The minimum Gasteiger partial charge on any atom is -0.379 e. The highest BCUT2D eigenvalue weighted by atomic mass is 32.2. The van der Waals surface area contributed by atoms with Gasteiger partial charge in [0.2, 0.25) is 0 Å². The Kier molecular flexibility index (Phi) is 2.71. The molecule has 2 rings (SSSR count). The van der Waals surface area contributed by atoms with E-state index >= 15 is 0 Å². The number of nitrogens with zero attached hydrogens (tertiary/aromatic N) is 2. The van der Waals surface area contributed by atoms with Crippen molar-refractivity contribution in [2.24, 2.45) is 0 Å². The van der Waals surface area contributed by atoms with Crippen LogP contribution < -0.4 is 0 Å². The Hall–Kier alpha value is -1.05. The van der Waals surface area contributed by atoms with Gasteiger partial charge in [0.15, 0.2) is 0 Å². The van der Waals surface area contributed by atoms with Crippen LogP contribution in [-0.2, 0) is 4.74 Å². The normalized spacial score (nSPS) is 16.0. The zero-order valence-electron chi connectivity index (χ0n) is 7.86. The smallest absolute Gasteiger partial charge is 0.114 e. The molecule has 0 aliphatic carbocycles. The van der Waals surface area contributed by atoms with Crippen molar-refractivity contribution < 1.29 is 4.74 Å². The molecule has 14 heavy (non-hydrogen) atoms. The van der Waals surface area contributed by atoms with Gasteiger partial charge in [0.25, 0.3) is 0 Å². The second-order valence-electron chi connectivity index (χ2n) is 3.20. The number of thioether (sulfide) groups is 1. The average molecular weight is 206 g/mol. The van der Waals surface area contributed by atoms with Crippen LogP contribution in [0.25, 0.3) is 0 Å². The van der Waals surface area contributed by atoms with Crippen LogP contribution in [-0.4, -0.2) is 23.4 Å². The van der Waals surface area contributed by atoms with E-state index in [1.54, 1.807) is 18.0 Å². The van der Waals surface area contributed by atoms with Gasteiger partial charge in [0, 0.05) is 6.20 Å². The maximum absolute atomic E-state index is 8.97. The third-order valence-electron chi connectivity index (χ3n) is 2.12. The molecule has 1 fully saturated rings. The highest BCUT2D eigenvalue weighted by Gasteiger charge is 2.21. The van der Waals surface area contributed by atoms with Crippen LogP contribution in [0.15, 0.2) is 17.3 Å². The summed E-state index contributed by atoms with van der Waals surface area (Å²) < 4.78 is 5.08. The Balaban J connectivity index is 2.23. The molecule has 0 saturated carbocycles. The van der Waals surface area contributed by atoms with E-state index in [9.17, 15) is 0 Å². The summed E-state index contributed by atoms with van der Waals surface area (Å²) in [4.78, 5) is 4.22. The third kappa shape index (κ3) is 1.74.